The lowest BCUT2D eigenvalue weighted by molar-refractivity contribution is -0.153. The molecule has 0 N–H and O–H groups in total. The van der Waals surface area contributed by atoms with E-state index in [1.807, 2.05) is 36.4 Å². The highest BCUT2D eigenvalue weighted by Crippen LogP contribution is 2.37. The first-order valence-corrected chi connectivity index (χ1v) is 7.78. The van der Waals surface area contributed by atoms with E-state index in [1.165, 1.54) is 12.1 Å². The second-order valence-corrected chi connectivity index (χ2v) is 5.62. The zero-order chi connectivity index (χ0) is 17.0. The standard InChI is InChI=1S/C20H17F3O/c21-20(22,23)18(16-8-2-1-3-9-16)13-14-24-19-12-6-10-15-7-4-5-11-17(15)19/h1-12,18H,13-14H2. The van der Waals surface area contributed by atoms with Crippen LogP contribution in [0.5, 0.6) is 5.75 Å². The van der Waals surface area contributed by atoms with Gasteiger partial charge < -0.3 is 4.74 Å². The van der Waals surface area contributed by atoms with Gasteiger partial charge in [0.1, 0.15) is 5.75 Å². The number of halogens is 3. The summed E-state index contributed by atoms with van der Waals surface area (Å²) < 4.78 is 45.7. The normalized spacial score (nSPS) is 13.0. The number of ether oxygens (including phenoxy) is 1. The van der Waals surface area contributed by atoms with Crippen LogP contribution in [0.2, 0.25) is 0 Å². The van der Waals surface area contributed by atoms with Crippen molar-refractivity contribution in [1.82, 2.24) is 0 Å². The van der Waals surface area contributed by atoms with Gasteiger partial charge in [0.2, 0.25) is 0 Å². The lowest BCUT2D eigenvalue weighted by Gasteiger charge is -2.21. The van der Waals surface area contributed by atoms with Gasteiger partial charge in [-0.1, -0.05) is 66.7 Å². The van der Waals surface area contributed by atoms with E-state index < -0.39 is 12.1 Å². The van der Waals surface area contributed by atoms with Gasteiger partial charge in [-0.15, -0.1) is 0 Å². The Kier molecular flexibility index (Phi) is 4.74. The second kappa shape index (κ2) is 6.95. The van der Waals surface area contributed by atoms with Gasteiger partial charge in [0.05, 0.1) is 12.5 Å². The van der Waals surface area contributed by atoms with Gasteiger partial charge >= 0.3 is 6.18 Å². The third-order valence-corrected chi connectivity index (χ3v) is 4.01. The highest BCUT2D eigenvalue weighted by molar-refractivity contribution is 5.88. The predicted molar refractivity (Wildman–Crippen MR) is 89.3 cm³/mol. The Morgan fingerprint density at radius 3 is 2.21 bits per heavy atom. The maximum atomic E-state index is 13.3. The van der Waals surface area contributed by atoms with E-state index >= 15 is 0 Å². The highest BCUT2D eigenvalue weighted by Gasteiger charge is 2.40. The molecule has 1 atom stereocenters. The minimum absolute atomic E-state index is 0.00702. The van der Waals surface area contributed by atoms with Crippen molar-refractivity contribution in [3.63, 3.8) is 0 Å². The Labute approximate surface area is 138 Å². The largest absolute Gasteiger partial charge is 0.493 e. The van der Waals surface area contributed by atoms with Crippen molar-refractivity contribution in [2.75, 3.05) is 6.61 Å². The molecule has 3 rings (SSSR count). The smallest absolute Gasteiger partial charge is 0.395 e. The molecule has 3 aromatic rings. The van der Waals surface area contributed by atoms with Gasteiger partial charge in [0.25, 0.3) is 0 Å². The van der Waals surface area contributed by atoms with Crippen molar-refractivity contribution in [3.05, 3.63) is 78.4 Å². The molecule has 1 nitrogen and oxygen atoms in total. The van der Waals surface area contributed by atoms with E-state index in [0.717, 1.165) is 10.8 Å². The first kappa shape index (κ1) is 16.4. The highest BCUT2D eigenvalue weighted by atomic mass is 19.4. The fourth-order valence-electron chi connectivity index (χ4n) is 2.81. The molecule has 3 aromatic carbocycles. The molecular weight excluding hydrogens is 313 g/mol. The Balaban J connectivity index is 1.74. The molecule has 0 radical (unpaired) electrons. The second-order valence-electron chi connectivity index (χ2n) is 5.62. The Hall–Kier alpha value is -2.49. The van der Waals surface area contributed by atoms with E-state index in [9.17, 15) is 13.2 Å². The Morgan fingerprint density at radius 1 is 0.792 bits per heavy atom. The van der Waals surface area contributed by atoms with Crippen molar-refractivity contribution in [2.24, 2.45) is 0 Å². The van der Waals surface area contributed by atoms with Crippen LogP contribution in [-0.4, -0.2) is 12.8 Å². The van der Waals surface area contributed by atoms with Gasteiger partial charge in [0, 0.05) is 5.39 Å². The van der Waals surface area contributed by atoms with E-state index in [4.69, 9.17) is 4.74 Å². The fraction of sp³-hybridized carbons (Fsp3) is 0.200. The molecule has 0 fully saturated rings. The van der Waals surface area contributed by atoms with Crippen LogP contribution in [0.15, 0.2) is 72.8 Å². The van der Waals surface area contributed by atoms with Gasteiger partial charge in [-0.2, -0.15) is 13.2 Å². The van der Waals surface area contributed by atoms with Crippen molar-refractivity contribution in [3.8, 4) is 5.75 Å². The van der Waals surface area contributed by atoms with Gasteiger partial charge in [-0.05, 0) is 23.4 Å². The topological polar surface area (TPSA) is 9.23 Å². The number of fused-ring (bicyclic) bond motifs is 1. The fourth-order valence-corrected chi connectivity index (χ4v) is 2.81. The molecule has 1 unspecified atom stereocenters. The monoisotopic (exact) mass is 330 g/mol. The summed E-state index contributed by atoms with van der Waals surface area (Å²) in [5.74, 6) is -0.907. The minimum atomic E-state index is -4.29. The zero-order valence-corrected chi connectivity index (χ0v) is 13.0. The van der Waals surface area contributed by atoms with Crippen molar-refractivity contribution in [1.29, 1.82) is 0 Å². The molecule has 4 heteroatoms. The molecular formula is C20H17F3O. The summed E-state index contributed by atoms with van der Waals surface area (Å²) in [5, 5.41) is 1.91. The molecule has 24 heavy (non-hydrogen) atoms. The van der Waals surface area contributed by atoms with Crippen LogP contribution in [0.3, 0.4) is 0 Å². The van der Waals surface area contributed by atoms with Crippen LogP contribution in [0.4, 0.5) is 13.2 Å². The molecule has 0 aliphatic rings. The van der Waals surface area contributed by atoms with Crippen molar-refractivity contribution in [2.45, 2.75) is 18.5 Å². The van der Waals surface area contributed by atoms with Gasteiger partial charge in [-0.25, -0.2) is 0 Å². The zero-order valence-electron chi connectivity index (χ0n) is 13.0. The number of alkyl halides is 3. The third-order valence-electron chi connectivity index (χ3n) is 4.01. The van der Waals surface area contributed by atoms with E-state index in [1.54, 1.807) is 24.3 Å². The lowest BCUT2D eigenvalue weighted by Crippen LogP contribution is -2.23. The Morgan fingerprint density at radius 2 is 1.46 bits per heavy atom. The van der Waals surface area contributed by atoms with E-state index in [0.29, 0.717) is 5.75 Å². The summed E-state index contributed by atoms with van der Waals surface area (Å²) in [6.07, 6.45) is -4.40. The molecule has 0 amide bonds. The molecule has 0 bridgehead atoms. The van der Waals surface area contributed by atoms with E-state index in [2.05, 4.69) is 0 Å². The number of rotatable bonds is 5. The summed E-state index contributed by atoms with van der Waals surface area (Å²) >= 11 is 0. The molecule has 124 valence electrons. The van der Waals surface area contributed by atoms with Crippen LogP contribution < -0.4 is 4.74 Å². The van der Waals surface area contributed by atoms with Gasteiger partial charge in [-0.3, -0.25) is 0 Å². The summed E-state index contributed by atoms with van der Waals surface area (Å²) in [6.45, 7) is 0.00702. The molecule has 0 aromatic heterocycles. The lowest BCUT2D eigenvalue weighted by atomic mass is 9.95. The summed E-state index contributed by atoms with van der Waals surface area (Å²) in [6, 6.07) is 21.2. The molecule has 0 saturated carbocycles. The summed E-state index contributed by atoms with van der Waals surface area (Å²) in [5.41, 5.74) is 0.270. The maximum absolute atomic E-state index is 13.3. The van der Waals surface area contributed by atoms with Crippen LogP contribution in [0.1, 0.15) is 17.9 Å². The third kappa shape index (κ3) is 3.70. The van der Waals surface area contributed by atoms with Crippen molar-refractivity contribution >= 4 is 10.8 Å². The molecule has 0 aliphatic carbocycles. The predicted octanol–water partition coefficient (Wildman–Crippen LogP) is 5.95. The number of hydrogen-bond acceptors (Lipinski definition) is 1. The molecule has 0 heterocycles. The van der Waals surface area contributed by atoms with Crippen LogP contribution in [0.25, 0.3) is 10.8 Å². The molecule has 0 aliphatic heterocycles. The van der Waals surface area contributed by atoms with Crippen LogP contribution >= 0.6 is 0 Å². The number of hydrogen-bond donors (Lipinski definition) is 0. The van der Waals surface area contributed by atoms with Crippen molar-refractivity contribution < 1.29 is 17.9 Å². The quantitative estimate of drug-likeness (QED) is 0.561. The molecule has 0 spiro atoms. The van der Waals surface area contributed by atoms with Gasteiger partial charge in [0.15, 0.2) is 0 Å². The maximum Gasteiger partial charge on any atom is 0.395 e. The average molecular weight is 330 g/mol. The summed E-state index contributed by atoms with van der Waals surface area (Å²) in [7, 11) is 0. The average Bonchev–Trinajstić information content (AvgIpc) is 2.58. The molecule has 0 saturated heterocycles. The van der Waals surface area contributed by atoms with E-state index in [-0.39, 0.29) is 18.6 Å². The number of benzene rings is 3. The van der Waals surface area contributed by atoms with Crippen LogP contribution in [0, 0.1) is 0 Å². The van der Waals surface area contributed by atoms with Crippen LogP contribution in [-0.2, 0) is 0 Å². The minimum Gasteiger partial charge on any atom is -0.493 e. The first-order valence-electron chi connectivity index (χ1n) is 7.78. The first-order chi connectivity index (χ1) is 11.6. The Bertz CT molecular complexity index is 791. The SMILES string of the molecule is FC(F)(F)C(CCOc1cccc2ccccc12)c1ccccc1. The summed E-state index contributed by atoms with van der Waals surface area (Å²) in [4.78, 5) is 0.